The number of benzene rings is 1. The molecule has 0 unspecified atom stereocenters. The number of para-hydroxylation sites is 1. The number of amides is 1. The lowest BCUT2D eigenvalue weighted by Gasteiger charge is -2.07. The van der Waals surface area contributed by atoms with Crippen molar-refractivity contribution < 1.29 is 24.6 Å². The van der Waals surface area contributed by atoms with E-state index in [4.69, 9.17) is 25.1 Å². The van der Waals surface area contributed by atoms with Gasteiger partial charge in [-0.15, -0.1) is 0 Å². The molecule has 24 heavy (non-hydrogen) atoms. The van der Waals surface area contributed by atoms with E-state index in [1.807, 2.05) is 6.07 Å². The first-order chi connectivity index (χ1) is 11.4. The van der Waals surface area contributed by atoms with Gasteiger partial charge in [-0.25, -0.2) is 9.59 Å². The van der Waals surface area contributed by atoms with E-state index in [9.17, 15) is 4.79 Å². The van der Waals surface area contributed by atoms with E-state index in [2.05, 4.69) is 17.6 Å². The second kappa shape index (κ2) is 12.6. The van der Waals surface area contributed by atoms with Crippen molar-refractivity contribution in [3.8, 4) is 6.07 Å². The predicted molar refractivity (Wildman–Crippen MR) is 87.5 cm³/mol. The number of hydrogen-bond acceptors (Lipinski definition) is 5. The average Bonchev–Trinajstić information content (AvgIpc) is 2.55. The van der Waals surface area contributed by atoms with Crippen molar-refractivity contribution in [2.75, 3.05) is 18.4 Å². The molecule has 0 aliphatic carbocycles. The van der Waals surface area contributed by atoms with E-state index in [0.717, 1.165) is 13.0 Å². The molecule has 0 fully saturated rings. The van der Waals surface area contributed by atoms with Crippen LogP contribution in [0.25, 0.3) is 0 Å². The average molecular weight is 335 g/mol. The minimum absolute atomic E-state index is 0.116. The van der Waals surface area contributed by atoms with Gasteiger partial charge in [0.2, 0.25) is 5.91 Å². The van der Waals surface area contributed by atoms with Gasteiger partial charge in [-0.2, -0.15) is 5.26 Å². The molecule has 0 radical (unpaired) electrons. The van der Waals surface area contributed by atoms with Gasteiger partial charge in [0.25, 0.3) is 0 Å². The van der Waals surface area contributed by atoms with Crippen molar-refractivity contribution >= 4 is 23.5 Å². The van der Waals surface area contributed by atoms with Gasteiger partial charge < -0.3 is 20.8 Å². The van der Waals surface area contributed by atoms with Gasteiger partial charge in [-0.3, -0.25) is 4.79 Å². The Kier molecular flexibility index (Phi) is 11.1. The molecule has 0 spiro atoms. The van der Waals surface area contributed by atoms with E-state index in [1.165, 1.54) is 12.8 Å². The quantitative estimate of drug-likeness (QED) is 0.436. The zero-order valence-corrected chi connectivity index (χ0v) is 13.4. The molecule has 0 saturated carbocycles. The number of aliphatic carboxylic acids is 2. The highest BCUT2D eigenvalue weighted by Gasteiger charge is 2.05. The molecule has 1 amide bonds. The molecule has 1 rings (SSSR count). The Morgan fingerprint density at radius 1 is 1.12 bits per heavy atom. The Morgan fingerprint density at radius 2 is 1.75 bits per heavy atom. The van der Waals surface area contributed by atoms with E-state index in [1.54, 1.807) is 24.3 Å². The van der Waals surface area contributed by atoms with E-state index in [0.29, 0.717) is 11.3 Å². The molecule has 8 nitrogen and oxygen atoms in total. The lowest BCUT2D eigenvalue weighted by molar-refractivity contribution is -0.159. The van der Waals surface area contributed by atoms with Crippen LogP contribution in [0.1, 0.15) is 31.7 Å². The van der Waals surface area contributed by atoms with Gasteiger partial charge in [-0.05, 0) is 25.1 Å². The van der Waals surface area contributed by atoms with Crippen LogP contribution in [0.5, 0.6) is 0 Å². The van der Waals surface area contributed by atoms with E-state index < -0.39 is 11.9 Å². The summed E-state index contributed by atoms with van der Waals surface area (Å²) >= 11 is 0. The smallest absolute Gasteiger partial charge is 0.414 e. The molecule has 1 aromatic rings. The molecular weight excluding hydrogens is 314 g/mol. The van der Waals surface area contributed by atoms with Crippen molar-refractivity contribution in [2.45, 2.75) is 26.2 Å². The van der Waals surface area contributed by atoms with Gasteiger partial charge in [0, 0.05) is 0 Å². The number of rotatable bonds is 7. The third kappa shape index (κ3) is 9.92. The van der Waals surface area contributed by atoms with Crippen LogP contribution < -0.4 is 10.6 Å². The number of carbonyl (C=O) groups excluding carboxylic acids is 1. The number of hydrogen-bond donors (Lipinski definition) is 4. The summed E-state index contributed by atoms with van der Waals surface area (Å²) in [7, 11) is 0. The number of nitrogens with one attached hydrogen (secondary N) is 2. The first-order valence-electron chi connectivity index (χ1n) is 7.38. The van der Waals surface area contributed by atoms with Crippen LogP contribution in [-0.2, 0) is 14.4 Å². The number of anilines is 1. The molecule has 8 heteroatoms. The molecule has 130 valence electrons. The topological polar surface area (TPSA) is 140 Å². The second-order valence-corrected chi connectivity index (χ2v) is 4.70. The molecule has 0 aromatic heterocycles. The van der Waals surface area contributed by atoms with Crippen molar-refractivity contribution in [1.29, 1.82) is 5.26 Å². The summed E-state index contributed by atoms with van der Waals surface area (Å²) < 4.78 is 0. The molecule has 0 saturated heterocycles. The summed E-state index contributed by atoms with van der Waals surface area (Å²) in [5, 5.41) is 29.5. The first-order valence-corrected chi connectivity index (χ1v) is 7.38. The van der Waals surface area contributed by atoms with Gasteiger partial charge in [0.15, 0.2) is 0 Å². The predicted octanol–water partition coefficient (Wildman–Crippen LogP) is 1.43. The third-order valence-corrected chi connectivity index (χ3v) is 2.75. The largest absolute Gasteiger partial charge is 0.473 e. The summed E-state index contributed by atoms with van der Waals surface area (Å²) in [5.74, 6) is -3.76. The number of carboxylic acids is 2. The summed E-state index contributed by atoms with van der Waals surface area (Å²) in [6.45, 7) is 3.27. The van der Waals surface area contributed by atoms with Gasteiger partial charge >= 0.3 is 11.9 Å². The Morgan fingerprint density at radius 3 is 2.29 bits per heavy atom. The molecule has 0 atom stereocenters. The Labute approximate surface area is 140 Å². The second-order valence-electron chi connectivity index (χ2n) is 4.70. The zero-order chi connectivity index (χ0) is 18.4. The number of unbranched alkanes of at least 4 members (excludes halogenated alkanes) is 2. The van der Waals surface area contributed by atoms with E-state index in [-0.39, 0.29) is 12.5 Å². The maximum Gasteiger partial charge on any atom is 0.414 e. The minimum atomic E-state index is -1.82. The van der Waals surface area contributed by atoms with Crippen LogP contribution in [0.4, 0.5) is 5.69 Å². The Bertz CT molecular complexity index is 584. The first kappa shape index (κ1) is 21.1. The molecule has 4 N–H and O–H groups in total. The summed E-state index contributed by atoms with van der Waals surface area (Å²) in [6.07, 6.45) is 3.42. The number of nitriles is 1. The fraction of sp³-hybridized carbons (Fsp3) is 0.375. The molecular formula is C16H21N3O5. The fourth-order valence-corrected chi connectivity index (χ4v) is 1.59. The Balaban J connectivity index is 0.000000754. The van der Waals surface area contributed by atoms with Crippen LogP contribution in [-0.4, -0.2) is 41.1 Å². The lowest BCUT2D eigenvalue weighted by atomic mass is 10.2. The molecule has 0 aliphatic rings. The molecule has 0 heterocycles. The molecule has 0 aliphatic heterocycles. The standard InChI is InChI=1S/C14H19N3O.C2H2O4/c1-2-3-6-9-16-11-14(18)17-13-8-5-4-7-12(13)10-15;3-1(4)2(5)6/h4-5,7-8,16H,2-3,6,9,11H2,1H3,(H,17,18);(H,3,4)(H,5,6). The lowest BCUT2D eigenvalue weighted by Crippen LogP contribution is -2.29. The normalized spacial score (nSPS) is 9.17. The van der Waals surface area contributed by atoms with Crippen LogP contribution in [0.3, 0.4) is 0 Å². The van der Waals surface area contributed by atoms with E-state index >= 15 is 0 Å². The minimum Gasteiger partial charge on any atom is -0.473 e. The number of nitrogens with zero attached hydrogens (tertiary/aromatic N) is 1. The molecule has 1 aromatic carbocycles. The molecule has 0 bridgehead atoms. The van der Waals surface area contributed by atoms with Crippen molar-refractivity contribution in [3.05, 3.63) is 29.8 Å². The van der Waals surface area contributed by atoms with Gasteiger partial charge in [0.1, 0.15) is 6.07 Å². The number of carboxylic acid groups (broad SMARTS) is 2. The van der Waals surface area contributed by atoms with Crippen LogP contribution in [0, 0.1) is 11.3 Å². The highest BCUT2D eigenvalue weighted by Crippen LogP contribution is 2.12. The van der Waals surface area contributed by atoms with Crippen LogP contribution in [0.2, 0.25) is 0 Å². The highest BCUT2D eigenvalue weighted by molar-refractivity contribution is 6.27. The maximum absolute atomic E-state index is 11.6. The highest BCUT2D eigenvalue weighted by atomic mass is 16.4. The summed E-state index contributed by atoms with van der Waals surface area (Å²) in [5.41, 5.74) is 1.05. The SMILES string of the molecule is CCCCCNCC(=O)Nc1ccccc1C#N.O=C(O)C(=O)O. The third-order valence-electron chi connectivity index (χ3n) is 2.75. The zero-order valence-electron chi connectivity index (χ0n) is 13.4. The Hall–Kier alpha value is -2.92. The van der Waals surface area contributed by atoms with Crippen molar-refractivity contribution in [1.82, 2.24) is 5.32 Å². The fourth-order valence-electron chi connectivity index (χ4n) is 1.59. The van der Waals surface area contributed by atoms with Crippen molar-refractivity contribution in [3.63, 3.8) is 0 Å². The van der Waals surface area contributed by atoms with Crippen LogP contribution >= 0.6 is 0 Å². The summed E-state index contributed by atoms with van der Waals surface area (Å²) in [6, 6.07) is 9.04. The number of carbonyl (C=O) groups is 3. The maximum atomic E-state index is 11.6. The monoisotopic (exact) mass is 335 g/mol. The summed E-state index contributed by atoms with van der Waals surface area (Å²) in [4.78, 5) is 29.8. The van der Waals surface area contributed by atoms with Crippen LogP contribution in [0.15, 0.2) is 24.3 Å². The van der Waals surface area contributed by atoms with Crippen molar-refractivity contribution in [2.24, 2.45) is 0 Å². The van der Waals surface area contributed by atoms with Gasteiger partial charge in [0.05, 0.1) is 17.8 Å². The van der Waals surface area contributed by atoms with Gasteiger partial charge in [-0.1, -0.05) is 31.9 Å².